The van der Waals surface area contributed by atoms with Crippen LogP contribution in [0, 0.1) is 10.1 Å². The molecule has 0 bridgehead atoms. The average Bonchev–Trinajstić information content (AvgIpc) is 2.77. The van der Waals surface area contributed by atoms with E-state index in [0.29, 0.717) is 11.4 Å². The van der Waals surface area contributed by atoms with E-state index in [2.05, 4.69) is 9.97 Å². The lowest BCUT2D eigenvalue weighted by Gasteiger charge is -2.02. The molecule has 94 valence electrons. The van der Waals surface area contributed by atoms with E-state index in [9.17, 15) is 10.1 Å². The van der Waals surface area contributed by atoms with Crippen molar-refractivity contribution >= 4 is 16.7 Å². The predicted octanol–water partition coefficient (Wildman–Crippen LogP) is 2.54. The quantitative estimate of drug-likeness (QED) is 0.520. The van der Waals surface area contributed by atoms with E-state index in [1.54, 1.807) is 18.5 Å². The summed E-state index contributed by atoms with van der Waals surface area (Å²) in [6, 6.07) is 8.27. The zero-order chi connectivity index (χ0) is 13.4. The third-order valence-corrected chi connectivity index (χ3v) is 3.00. The van der Waals surface area contributed by atoms with Gasteiger partial charge in [-0.1, -0.05) is 12.1 Å². The number of benzene rings is 1. The van der Waals surface area contributed by atoms with Crippen molar-refractivity contribution in [1.29, 1.82) is 0 Å². The molecule has 19 heavy (non-hydrogen) atoms. The summed E-state index contributed by atoms with van der Waals surface area (Å²) in [6.45, 7) is 0. The van der Waals surface area contributed by atoms with Crippen LogP contribution >= 0.6 is 0 Å². The summed E-state index contributed by atoms with van der Waals surface area (Å²) in [6.07, 6.45) is 3.40. The lowest BCUT2D eigenvalue weighted by molar-refractivity contribution is -0.384. The molecule has 6 heteroatoms. The van der Waals surface area contributed by atoms with Crippen molar-refractivity contribution in [3.8, 4) is 11.4 Å². The zero-order valence-corrected chi connectivity index (χ0v) is 10.1. The number of pyridine rings is 1. The first-order valence-electron chi connectivity index (χ1n) is 5.68. The number of fused-ring (bicyclic) bond motifs is 1. The molecule has 0 N–H and O–H groups in total. The number of nitro groups is 1. The van der Waals surface area contributed by atoms with Crippen LogP contribution in [0.5, 0.6) is 0 Å². The van der Waals surface area contributed by atoms with E-state index in [-0.39, 0.29) is 5.69 Å². The number of nitro benzene ring substituents is 1. The number of imidazole rings is 1. The van der Waals surface area contributed by atoms with E-state index < -0.39 is 4.92 Å². The summed E-state index contributed by atoms with van der Waals surface area (Å²) in [5, 5.41) is 10.8. The molecule has 0 saturated carbocycles. The number of non-ortho nitro benzene ring substituents is 1. The Morgan fingerprint density at radius 3 is 2.89 bits per heavy atom. The van der Waals surface area contributed by atoms with Gasteiger partial charge in [0.05, 0.1) is 22.2 Å². The molecule has 2 heterocycles. The minimum atomic E-state index is -0.409. The topological polar surface area (TPSA) is 73.8 Å². The first kappa shape index (κ1) is 11.3. The molecule has 3 rings (SSSR count). The molecular formula is C13H10N4O2. The van der Waals surface area contributed by atoms with Gasteiger partial charge in [0.25, 0.3) is 5.69 Å². The monoisotopic (exact) mass is 254 g/mol. The standard InChI is InChI=1S/C13H10N4O2/c1-16-12-8-14-6-5-11(12)15-13(16)9-3-2-4-10(7-9)17(18)19/h2-8H,1H3. The maximum atomic E-state index is 10.8. The molecule has 1 aromatic carbocycles. The lowest BCUT2D eigenvalue weighted by atomic mass is 10.2. The van der Waals surface area contributed by atoms with Crippen LogP contribution in [-0.4, -0.2) is 19.5 Å². The Bertz CT molecular complexity index is 779. The van der Waals surface area contributed by atoms with Crippen molar-refractivity contribution in [1.82, 2.24) is 14.5 Å². The van der Waals surface area contributed by atoms with Crippen LogP contribution in [0.25, 0.3) is 22.4 Å². The number of aryl methyl sites for hydroxylation is 1. The van der Waals surface area contributed by atoms with Crippen molar-refractivity contribution in [2.45, 2.75) is 0 Å². The van der Waals surface area contributed by atoms with Crippen LogP contribution in [-0.2, 0) is 7.05 Å². The Morgan fingerprint density at radius 1 is 1.32 bits per heavy atom. The number of aromatic nitrogens is 3. The molecule has 0 amide bonds. The average molecular weight is 254 g/mol. The van der Waals surface area contributed by atoms with E-state index in [0.717, 1.165) is 11.0 Å². The highest BCUT2D eigenvalue weighted by atomic mass is 16.6. The number of hydrogen-bond acceptors (Lipinski definition) is 4. The second-order valence-electron chi connectivity index (χ2n) is 4.17. The Hall–Kier alpha value is -2.76. The Balaban J connectivity index is 2.21. The van der Waals surface area contributed by atoms with Crippen LogP contribution in [0.1, 0.15) is 0 Å². The van der Waals surface area contributed by atoms with Gasteiger partial charge in [-0.2, -0.15) is 0 Å². The SMILES string of the molecule is Cn1c(-c2cccc([N+](=O)[O-])c2)nc2ccncc21. The smallest absolute Gasteiger partial charge is 0.270 e. The van der Waals surface area contributed by atoms with E-state index in [1.807, 2.05) is 23.7 Å². The molecule has 0 radical (unpaired) electrons. The van der Waals surface area contributed by atoms with Crippen molar-refractivity contribution < 1.29 is 4.92 Å². The number of rotatable bonds is 2. The minimum Gasteiger partial charge on any atom is -0.326 e. The molecule has 6 nitrogen and oxygen atoms in total. The van der Waals surface area contributed by atoms with Gasteiger partial charge in [-0.05, 0) is 6.07 Å². The number of hydrogen-bond donors (Lipinski definition) is 0. The van der Waals surface area contributed by atoms with Gasteiger partial charge >= 0.3 is 0 Å². The van der Waals surface area contributed by atoms with Crippen molar-refractivity contribution in [2.24, 2.45) is 7.05 Å². The van der Waals surface area contributed by atoms with Crippen LogP contribution in [0.15, 0.2) is 42.7 Å². The summed E-state index contributed by atoms with van der Waals surface area (Å²) in [4.78, 5) is 18.9. The second-order valence-corrected chi connectivity index (χ2v) is 4.17. The van der Waals surface area contributed by atoms with Gasteiger partial charge in [-0.15, -0.1) is 0 Å². The Kier molecular flexibility index (Phi) is 2.49. The molecule has 0 spiro atoms. The fourth-order valence-electron chi connectivity index (χ4n) is 2.05. The minimum absolute atomic E-state index is 0.0580. The van der Waals surface area contributed by atoms with Crippen molar-refractivity contribution in [3.05, 3.63) is 52.8 Å². The molecule has 0 unspecified atom stereocenters. The predicted molar refractivity (Wildman–Crippen MR) is 70.6 cm³/mol. The largest absolute Gasteiger partial charge is 0.326 e. The lowest BCUT2D eigenvalue weighted by Crippen LogP contribution is -1.94. The highest BCUT2D eigenvalue weighted by Gasteiger charge is 2.12. The molecule has 0 atom stereocenters. The molecular weight excluding hydrogens is 244 g/mol. The Labute approximate surface area is 108 Å². The molecule has 0 aliphatic carbocycles. The first-order valence-corrected chi connectivity index (χ1v) is 5.68. The van der Waals surface area contributed by atoms with Crippen LogP contribution in [0.4, 0.5) is 5.69 Å². The van der Waals surface area contributed by atoms with Crippen molar-refractivity contribution in [3.63, 3.8) is 0 Å². The van der Waals surface area contributed by atoms with E-state index >= 15 is 0 Å². The van der Waals surface area contributed by atoms with Crippen LogP contribution in [0.2, 0.25) is 0 Å². The third-order valence-electron chi connectivity index (χ3n) is 3.00. The van der Waals surface area contributed by atoms with Gasteiger partial charge in [0, 0.05) is 30.9 Å². The van der Waals surface area contributed by atoms with Gasteiger partial charge < -0.3 is 4.57 Å². The molecule has 0 aliphatic heterocycles. The summed E-state index contributed by atoms with van der Waals surface area (Å²) in [5.74, 6) is 0.687. The van der Waals surface area contributed by atoms with E-state index in [1.165, 1.54) is 12.1 Å². The van der Waals surface area contributed by atoms with Gasteiger partial charge in [-0.25, -0.2) is 4.98 Å². The molecule has 0 fully saturated rings. The maximum Gasteiger partial charge on any atom is 0.270 e. The second kappa shape index (κ2) is 4.16. The molecule has 0 saturated heterocycles. The van der Waals surface area contributed by atoms with Gasteiger partial charge in [0.2, 0.25) is 0 Å². The number of nitrogens with zero attached hydrogens (tertiary/aromatic N) is 4. The zero-order valence-electron chi connectivity index (χ0n) is 10.1. The molecule has 3 aromatic rings. The van der Waals surface area contributed by atoms with Crippen LogP contribution < -0.4 is 0 Å². The van der Waals surface area contributed by atoms with Crippen molar-refractivity contribution in [2.75, 3.05) is 0 Å². The summed E-state index contributed by atoms with van der Waals surface area (Å²) in [5.41, 5.74) is 2.48. The third kappa shape index (κ3) is 1.83. The van der Waals surface area contributed by atoms with Gasteiger partial charge in [0.15, 0.2) is 0 Å². The maximum absolute atomic E-state index is 10.8. The highest BCUT2D eigenvalue weighted by molar-refractivity contribution is 5.79. The normalized spacial score (nSPS) is 10.8. The first-order chi connectivity index (χ1) is 9.16. The van der Waals surface area contributed by atoms with E-state index in [4.69, 9.17) is 0 Å². The van der Waals surface area contributed by atoms with Gasteiger partial charge in [0.1, 0.15) is 5.82 Å². The summed E-state index contributed by atoms with van der Waals surface area (Å²) in [7, 11) is 1.87. The fourth-order valence-corrected chi connectivity index (χ4v) is 2.05. The summed E-state index contributed by atoms with van der Waals surface area (Å²) < 4.78 is 1.88. The van der Waals surface area contributed by atoms with Crippen LogP contribution in [0.3, 0.4) is 0 Å². The van der Waals surface area contributed by atoms with Gasteiger partial charge in [-0.3, -0.25) is 15.1 Å². The Morgan fingerprint density at radius 2 is 2.16 bits per heavy atom. The fraction of sp³-hybridized carbons (Fsp3) is 0.0769. The highest BCUT2D eigenvalue weighted by Crippen LogP contribution is 2.25. The molecule has 0 aliphatic rings. The summed E-state index contributed by atoms with van der Waals surface area (Å²) >= 11 is 0. The molecule has 2 aromatic heterocycles.